The van der Waals surface area contributed by atoms with Crippen LogP contribution >= 0.6 is 69.6 Å². The van der Waals surface area contributed by atoms with Crippen LogP contribution in [0.15, 0.2) is 10.1 Å². The molecule has 0 aromatic rings. The second-order valence-corrected chi connectivity index (χ2v) is 7.18. The van der Waals surface area contributed by atoms with Crippen molar-refractivity contribution in [3.8, 4) is 0 Å². The van der Waals surface area contributed by atoms with Crippen molar-refractivity contribution >= 4 is 69.6 Å². The Bertz CT molecular complexity index is 353. The molecule has 2 aliphatic rings. The number of alkyl halides is 4. The summed E-state index contributed by atoms with van der Waals surface area (Å²) in [5.41, 5.74) is 5.61. The second kappa shape index (κ2) is 3.47. The monoisotopic (exact) mass is 327 g/mol. The molecule has 0 saturated heterocycles. The predicted molar refractivity (Wildman–Crippen MR) is 67.5 cm³/mol. The predicted octanol–water partition coefficient (Wildman–Crippen LogP) is 3.80. The van der Waals surface area contributed by atoms with Crippen LogP contribution in [0.4, 0.5) is 0 Å². The summed E-state index contributed by atoms with van der Waals surface area (Å²) in [7, 11) is 0. The first-order valence-electron chi connectivity index (χ1n) is 4.25. The molecule has 1 fully saturated rings. The topological polar surface area (TPSA) is 26.0 Å². The van der Waals surface area contributed by atoms with Gasteiger partial charge in [-0.2, -0.15) is 0 Å². The van der Waals surface area contributed by atoms with E-state index in [0.29, 0.717) is 13.0 Å². The van der Waals surface area contributed by atoms with Crippen LogP contribution in [-0.4, -0.2) is 20.6 Å². The van der Waals surface area contributed by atoms with Gasteiger partial charge in [0.25, 0.3) is 0 Å². The SMILES string of the molecule is NC[C@@H]1C[C@]2(Cl)C(Cl)=C(Cl)[C@@]1(Cl)C2(Cl)Cl. The molecule has 2 bridgehead atoms. The molecule has 2 rings (SSSR count). The van der Waals surface area contributed by atoms with E-state index in [1.165, 1.54) is 0 Å². The van der Waals surface area contributed by atoms with E-state index in [-0.39, 0.29) is 16.0 Å². The zero-order valence-corrected chi connectivity index (χ0v) is 11.9. The quantitative estimate of drug-likeness (QED) is 0.728. The molecule has 0 aliphatic heterocycles. The molecular formula is C8H7Cl6N. The van der Waals surface area contributed by atoms with Crippen LogP contribution in [-0.2, 0) is 0 Å². The van der Waals surface area contributed by atoms with Gasteiger partial charge in [-0.1, -0.05) is 46.4 Å². The molecule has 0 aromatic carbocycles. The van der Waals surface area contributed by atoms with Gasteiger partial charge in [0.2, 0.25) is 0 Å². The first-order valence-corrected chi connectivity index (χ1v) is 6.52. The lowest BCUT2D eigenvalue weighted by molar-refractivity contribution is 0.475. The zero-order chi connectivity index (χ0) is 11.6. The molecular weight excluding hydrogens is 323 g/mol. The maximum atomic E-state index is 6.39. The average Bonchev–Trinajstić information content (AvgIpc) is 2.39. The summed E-state index contributed by atoms with van der Waals surface area (Å²) in [5.74, 6) is -0.179. The summed E-state index contributed by atoms with van der Waals surface area (Å²) >= 11 is 37.2. The largest absolute Gasteiger partial charge is 0.330 e. The molecule has 1 nitrogen and oxygen atoms in total. The van der Waals surface area contributed by atoms with Crippen molar-refractivity contribution in [2.24, 2.45) is 11.7 Å². The zero-order valence-electron chi connectivity index (χ0n) is 7.34. The van der Waals surface area contributed by atoms with E-state index in [1.54, 1.807) is 0 Å². The molecule has 0 aromatic heterocycles. The van der Waals surface area contributed by atoms with Crippen molar-refractivity contribution in [3.63, 3.8) is 0 Å². The lowest BCUT2D eigenvalue weighted by atomic mass is 9.92. The Morgan fingerprint density at radius 3 is 2.00 bits per heavy atom. The summed E-state index contributed by atoms with van der Waals surface area (Å²) < 4.78 is -1.43. The van der Waals surface area contributed by atoms with Gasteiger partial charge >= 0.3 is 0 Å². The normalized spacial score (nSPS) is 47.8. The van der Waals surface area contributed by atoms with Crippen molar-refractivity contribution in [2.45, 2.75) is 20.5 Å². The molecule has 3 atom stereocenters. The second-order valence-electron chi connectivity index (χ2n) is 3.85. The lowest BCUT2D eigenvalue weighted by Crippen LogP contribution is -2.45. The van der Waals surface area contributed by atoms with Crippen LogP contribution < -0.4 is 5.73 Å². The molecule has 0 amide bonds. The smallest absolute Gasteiger partial charge is 0.166 e. The van der Waals surface area contributed by atoms with Crippen LogP contribution in [0, 0.1) is 5.92 Å². The van der Waals surface area contributed by atoms with Crippen molar-refractivity contribution in [2.75, 3.05) is 6.54 Å². The standard InChI is InChI=1S/C8H7Cl6N/c9-4-5(10)7(12)3(2-15)1-6(4,11)8(7,13)14/h3H,1-2,15H2/t3-,6-,7+/m0/s1. The Morgan fingerprint density at radius 2 is 1.67 bits per heavy atom. The summed E-state index contributed by atoms with van der Waals surface area (Å²) in [4.78, 5) is -2.30. The van der Waals surface area contributed by atoms with E-state index in [1.807, 2.05) is 0 Å². The van der Waals surface area contributed by atoms with E-state index in [0.717, 1.165) is 0 Å². The van der Waals surface area contributed by atoms with Crippen LogP contribution in [0.1, 0.15) is 6.42 Å². The molecule has 15 heavy (non-hydrogen) atoms. The van der Waals surface area contributed by atoms with E-state index in [9.17, 15) is 0 Å². The Morgan fingerprint density at radius 1 is 1.13 bits per heavy atom. The Balaban J connectivity index is 2.65. The molecule has 1 saturated carbocycles. The fourth-order valence-corrected chi connectivity index (χ4v) is 5.13. The number of allylic oxidation sites excluding steroid dienone is 2. The molecule has 7 heteroatoms. The van der Waals surface area contributed by atoms with Crippen LogP contribution in [0.2, 0.25) is 0 Å². The summed E-state index contributed by atoms with van der Waals surface area (Å²) in [6.07, 6.45) is 0.427. The van der Waals surface area contributed by atoms with Crippen molar-refractivity contribution < 1.29 is 0 Å². The van der Waals surface area contributed by atoms with Gasteiger partial charge in [-0.05, 0) is 13.0 Å². The highest BCUT2D eigenvalue weighted by atomic mass is 35.5. The van der Waals surface area contributed by atoms with E-state index in [4.69, 9.17) is 75.3 Å². The van der Waals surface area contributed by atoms with Crippen molar-refractivity contribution in [1.82, 2.24) is 0 Å². The Kier molecular flexibility index (Phi) is 2.98. The highest BCUT2D eigenvalue weighted by Crippen LogP contribution is 2.73. The maximum absolute atomic E-state index is 6.39. The van der Waals surface area contributed by atoms with Gasteiger partial charge < -0.3 is 5.73 Å². The minimum Gasteiger partial charge on any atom is -0.330 e. The molecule has 86 valence electrons. The van der Waals surface area contributed by atoms with Crippen LogP contribution in [0.5, 0.6) is 0 Å². The molecule has 0 heterocycles. The molecule has 0 unspecified atom stereocenters. The minimum atomic E-state index is -1.43. The third-order valence-electron chi connectivity index (χ3n) is 3.19. The maximum Gasteiger partial charge on any atom is 0.166 e. The number of hydrogen-bond acceptors (Lipinski definition) is 1. The number of hydrogen-bond donors (Lipinski definition) is 1. The fourth-order valence-electron chi connectivity index (χ4n) is 2.28. The summed E-state index contributed by atoms with van der Waals surface area (Å²) in [6, 6.07) is 0. The summed E-state index contributed by atoms with van der Waals surface area (Å²) in [5, 5.41) is 0.447. The number of fused-ring (bicyclic) bond motifs is 2. The fraction of sp³-hybridized carbons (Fsp3) is 0.750. The minimum absolute atomic E-state index is 0.179. The Labute approximate surface area is 118 Å². The first-order chi connectivity index (χ1) is 6.73. The highest BCUT2D eigenvalue weighted by molar-refractivity contribution is 6.65. The van der Waals surface area contributed by atoms with Gasteiger partial charge in [0.1, 0.15) is 9.75 Å². The van der Waals surface area contributed by atoms with Gasteiger partial charge in [0, 0.05) is 5.92 Å². The van der Waals surface area contributed by atoms with Gasteiger partial charge in [-0.3, -0.25) is 0 Å². The van der Waals surface area contributed by atoms with Gasteiger partial charge in [-0.25, -0.2) is 0 Å². The van der Waals surface area contributed by atoms with E-state index < -0.39 is 14.1 Å². The third kappa shape index (κ3) is 1.19. The van der Waals surface area contributed by atoms with Crippen molar-refractivity contribution in [1.29, 1.82) is 0 Å². The van der Waals surface area contributed by atoms with Gasteiger partial charge in [0.05, 0.1) is 10.1 Å². The van der Waals surface area contributed by atoms with E-state index in [2.05, 4.69) is 0 Å². The number of nitrogens with two attached hydrogens (primary N) is 1. The molecule has 0 spiro atoms. The van der Waals surface area contributed by atoms with Gasteiger partial charge in [0.15, 0.2) is 4.33 Å². The molecule has 0 radical (unpaired) electrons. The van der Waals surface area contributed by atoms with Gasteiger partial charge in [-0.15, -0.1) is 23.2 Å². The summed E-state index contributed by atoms with van der Waals surface area (Å²) in [6.45, 7) is 0.305. The van der Waals surface area contributed by atoms with E-state index >= 15 is 0 Å². The average molecular weight is 330 g/mol. The van der Waals surface area contributed by atoms with Crippen LogP contribution in [0.25, 0.3) is 0 Å². The molecule has 2 N–H and O–H groups in total. The Hall–Kier alpha value is 1.44. The van der Waals surface area contributed by atoms with Crippen molar-refractivity contribution in [3.05, 3.63) is 10.1 Å². The first kappa shape index (κ1) is 12.9. The molecule has 2 aliphatic carbocycles. The highest BCUT2D eigenvalue weighted by Gasteiger charge is 2.77. The van der Waals surface area contributed by atoms with Crippen LogP contribution in [0.3, 0.4) is 0 Å². The number of rotatable bonds is 1. The number of halogens is 6. The third-order valence-corrected chi connectivity index (χ3v) is 7.51. The lowest BCUT2D eigenvalue weighted by Gasteiger charge is -2.33.